The van der Waals surface area contributed by atoms with Gasteiger partial charge in [-0.1, -0.05) is 295 Å². The number of methoxy groups -OCH3 is 1. The van der Waals surface area contributed by atoms with Crippen LogP contribution in [-0.2, 0) is 64.3 Å². The van der Waals surface area contributed by atoms with E-state index >= 15 is 0 Å². The molecule has 702 valence electrons. The lowest BCUT2D eigenvalue weighted by molar-refractivity contribution is -0.386. The number of benzene rings is 8. The van der Waals surface area contributed by atoms with Crippen molar-refractivity contribution in [3.63, 3.8) is 0 Å². The number of carbonyl (C=O) groups excluding carboxylic acids is 2. The number of amides is 1. The largest absolute Gasteiger partial charge is 0.513 e. The predicted molar refractivity (Wildman–Crippen MR) is 530 cm³/mol. The molecule has 0 aliphatic carbocycles. The third-order valence-corrected chi connectivity index (χ3v) is 17.7. The molecule has 1 amide bonds. The van der Waals surface area contributed by atoms with Crippen molar-refractivity contribution in [2.24, 2.45) is 0 Å². The molecule has 0 unspecified atom stereocenters. The van der Waals surface area contributed by atoms with E-state index in [1.165, 1.54) is 56.9 Å². The molecule has 21 heteroatoms. The van der Waals surface area contributed by atoms with Gasteiger partial charge in [-0.3, -0.25) is 24.5 Å². The number of rotatable bonds is 5. The number of fused-ring (bicyclic) bond motifs is 2. The lowest BCUT2D eigenvalue weighted by atomic mass is 9.79. The van der Waals surface area contributed by atoms with E-state index in [1.807, 2.05) is 12.1 Å². The maximum atomic E-state index is 13.2. The van der Waals surface area contributed by atoms with E-state index in [2.05, 4.69) is 45.9 Å². The summed E-state index contributed by atoms with van der Waals surface area (Å²) in [4.78, 5) is 76.1. The van der Waals surface area contributed by atoms with E-state index in [0.29, 0.717) is 33.3 Å². The number of aliphatic hydroxyl groups is 1. The van der Waals surface area contributed by atoms with Crippen molar-refractivity contribution in [2.45, 2.75) is 321 Å². The number of nitro benzene ring substituents is 1. The van der Waals surface area contributed by atoms with Gasteiger partial charge >= 0.3 is 12.1 Å². The number of nitrogen functional groups attached to an aromatic ring is 1. The number of aromatic amines is 2. The first kappa shape index (κ1) is 51.1. The van der Waals surface area contributed by atoms with Gasteiger partial charge in [0.05, 0.1) is 30.5 Å². The summed E-state index contributed by atoms with van der Waals surface area (Å²) in [6, 6.07) is 24.1. The van der Waals surface area contributed by atoms with Crippen molar-refractivity contribution >= 4 is 56.9 Å². The highest BCUT2D eigenvalue weighted by Gasteiger charge is 2.33. The molecule has 0 aliphatic rings. The molecule has 0 bridgehead atoms. The Hall–Kier alpha value is -11.5. The number of hydrogen-bond donors (Lipinski definition) is 11. The minimum atomic E-state index is -3.67. The van der Waals surface area contributed by atoms with Gasteiger partial charge in [-0.2, -0.15) is 0 Å². The Bertz CT molecular complexity index is 7800. The van der Waals surface area contributed by atoms with Gasteiger partial charge in [-0.25, -0.2) is 9.59 Å². The number of aromatic nitrogens is 2. The minimum Gasteiger partial charge on any atom is -0.508 e. The van der Waals surface area contributed by atoms with Crippen molar-refractivity contribution < 1.29 is 141 Å². The summed E-state index contributed by atoms with van der Waals surface area (Å²) in [6.07, 6.45) is 1.05. The number of H-pyrrole nitrogens is 2. The lowest BCUT2D eigenvalue weighted by Gasteiger charge is -2.28. The summed E-state index contributed by atoms with van der Waals surface area (Å²) in [5.41, 5.74) is -22.4. The summed E-state index contributed by atoms with van der Waals surface area (Å²) in [5, 5.41) is 78.1. The van der Waals surface area contributed by atoms with Gasteiger partial charge in [0.25, 0.3) is 11.6 Å². The average molecular weight is 1820 g/mol. The summed E-state index contributed by atoms with van der Waals surface area (Å²) < 4.78 is 449. The fourth-order valence-corrected chi connectivity index (χ4v) is 10.9. The Morgan fingerprint density at radius 2 is 0.820 bits per heavy atom. The highest BCUT2D eigenvalue weighted by Crippen LogP contribution is 2.44. The topological polar surface area (TPSA) is 358 Å². The molecule has 10 rings (SSSR count). The van der Waals surface area contributed by atoms with Crippen LogP contribution in [0.15, 0.2) is 167 Å². The standard InChI is InChI=1S/C24H28N2O3.C16H24O3.C14H21NO3.C14H23NO.C14H22O.C10H7NO3.C10H14O.C4H10O.CH4/c1-23(2,3)16-11-17(24(4,5)6)20(27)12-19(16)26-22(29)15-13-25-18-10-8-7-9-14(18)21(15)28;1-15(2,3)11-8-9-13(19-14(17)18-7)12(10-11)16(4,5)6;1-13(2,3)9-7-10(14(4,5)6)12(16)8-11(9)15(17)18;1-13(2,3)9-7-10(14(4,5)6)12(16)8-11(9)15;1-13(2,3)10-7-8-12(15)11(9-10)14(4,5)6;12-9-6-3-1-2-4-8(6)11-5-7(9)10(13)14;1-10(2,3)8-4-6-9(11)7-5-8;1-4(2,3)5;/h7-13,27H,1-6H3,(H,25,28)(H,26,29);8-10H,1-7H3;7-8,16H,1-6H3;7-8,16H,15H2,1-6H3;7-9,15H,1-6H3;1-5H,(H,11,12)(H,13,14);4-7,11H,1-3H3;5H,1-3H3;1H4/i4D3,5D3,6D3,12D;4D3,5D3,6D3,9D;3*4D3,5D3,6D3,8D;;;1D3,2D3,5D;. The highest BCUT2D eigenvalue weighted by atomic mass is 16.7. The third kappa shape index (κ3) is 34.0. The molecule has 0 fully saturated rings. The van der Waals surface area contributed by atoms with E-state index in [0.717, 1.165) is 44.4 Å². The fourth-order valence-electron chi connectivity index (χ4n) is 10.9. The number of carbonyl (C=O) groups is 3. The number of phenolic OH excluding ortho intramolecular Hbond substituents is 5. The van der Waals surface area contributed by atoms with Crippen molar-refractivity contribution in [3.05, 3.63) is 261 Å². The molecular weight excluding hydrogens is 1610 g/mol. The Morgan fingerprint density at radius 1 is 0.445 bits per heavy atom. The summed E-state index contributed by atoms with van der Waals surface area (Å²) in [7, 11) is 0.958. The number of pyridine rings is 2. The Morgan fingerprint density at radius 3 is 1.21 bits per heavy atom. The van der Waals surface area contributed by atoms with Crippen LogP contribution in [0.25, 0.3) is 21.8 Å². The zero-order valence-electron chi connectivity index (χ0n) is 131. The summed E-state index contributed by atoms with van der Waals surface area (Å²) >= 11 is 0. The van der Waals surface area contributed by atoms with Crippen molar-refractivity contribution in [2.75, 3.05) is 18.2 Å². The number of carboxylic acid groups (broad SMARTS) is 1. The van der Waals surface area contributed by atoms with Crippen molar-refractivity contribution in [1.82, 2.24) is 9.97 Å². The Labute approximate surface area is 842 Å². The molecule has 0 saturated heterocycles. The number of hydrogen-bond acceptors (Lipinski definition) is 16. The number of aromatic hydroxyl groups is 5. The van der Waals surface area contributed by atoms with Crippen LogP contribution in [0.5, 0.6) is 34.5 Å². The van der Waals surface area contributed by atoms with E-state index in [9.17, 15) is 54.5 Å². The van der Waals surface area contributed by atoms with Crippen LogP contribution in [0.1, 0.15) is 414 Å². The first-order valence-electron chi connectivity index (χ1n) is 66.5. The second-order valence-corrected chi connectivity index (χ2v) is 35.3. The predicted octanol–water partition coefficient (Wildman–Crippen LogP) is 26.3. The highest BCUT2D eigenvalue weighted by molar-refractivity contribution is 6.06. The van der Waals surface area contributed by atoms with Gasteiger partial charge in [0, 0.05) is 144 Å². The van der Waals surface area contributed by atoms with E-state index in [-0.39, 0.29) is 57.4 Å². The van der Waals surface area contributed by atoms with Gasteiger partial charge in [0.1, 0.15) is 45.6 Å². The number of carboxylic acids is 1. The van der Waals surface area contributed by atoms with Crippen LogP contribution in [0.4, 0.5) is 21.9 Å². The van der Waals surface area contributed by atoms with Crippen LogP contribution >= 0.6 is 0 Å². The fraction of sp³-hybridized carbons (Fsp3) is 0.467. The number of para-hydroxylation sites is 2. The number of nitrogens with zero attached hydrogens (tertiary/aromatic N) is 1. The average Bonchev–Trinajstić information content (AvgIpc) is 0.745. The van der Waals surface area contributed by atoms with Crippen molar-refractivity contribution in [1.29, 1.82) is 1.43 Å². The van der Waals surface area contributed by atoms with Gasteiger partial charge in [-0.05, 0) is 191 Å². The van der Waals surface area contributed by atoms with Gasteiger partial charge in [0.15, 0.2) is 0 Å². The quantitative estimate of drug-likeness (QED) is 0.0251. The second-order valence-electron chi connectivity index (χ2n) is 35.3. The Balaban J connectivity index is 0.000000731. The molecule has 8 aromatic carbocycles. The maximum absolute atomic E-state index is 13.2. The van der Waals surface area contributed by atoms with Crippen LogP contribution in [-0.4, -0.2) is 82.8 Å². The van der Waals surface area contributed by atoms with Gasteiger partial charge < -0.3 is 66.2 Å². The summed E-state index contributed by atoms with van der Waals surface area (Å²) in [6.45, 7) is -27.4. The minimum absolute atomic E-state index is 0. The second kappa shape index (κ2) is 43.1. The monoisotopic (exact) mass is 1820 g/mol. The van der Waals surface area contributed by atoms with E-state index < -0.39 is 303 Å². The number of phenols is 5. The maximum Gasteiger partial charge on any atom is 0.513 e. The molecule has 2 aromatic heterocycles. The first-order chi connectivity index (χ1) is 81.2. The van der Waals surface area contributed by atoms with Gasteiger partial charge in [-0.15, -0.1) is 0 Å². The molecule has 0 saturated carbocycles. The van der Waals surface area contributed by atoms with Crippen LogP contribution in [0, 0.1) is 10.1 Å². The molecule has 0 aliphatic heterocycles. The lowest BCUT2D eigenvalue weighted by Crippen LogP contribution is -2.25. The zero-order chi connectivity index (χ0) is 146. The molecule has 2 heterocycles. The van der Waals surface area contributed by atoms with Gasteiger partial charge in [0.2, 0.25) is 12.3 Å². The Kier molecular flexibility index (Phi) is 17.2. The number of nitrogens with one attached hydrogen (secondary N) is 3. The smallest absolute Gasteiger partial charge is 0.508 e. The van der Waals surface area contributed by atoms with Crippen LogP contribution in [0.3, 0.4) is 0 Å². The number of nitrogens with two attached hydrogens (primary N) is 1. The molecule has 0 spiro atoms. The molecule has 0 atom stereocenters. The van der Waals surface area contributed by atoms with Crippen molar-refractivity contribution in [3.8, 4) is 34.5 Å². The number of anilines is 2. The molecule has 128 heavy (non-hydrogen) atoms. The first-order valence-corrected chi connectivity index (χ1v) is 38.1. The van der Waals surface area contributed by atoms with E-state index in [4.69, 9.17) is 98.9 Å². The third-order valence-electron chi connectivity index (χ3n) is 17.7. The molecule has 0 radical (unpaired) electrons. The number of aromatic carboxylic acids is 1. The zero-order valence-corrected chi connectivity index (χ0v) is 73.9. The number of nitro groups is 1. The molecule has 10 aromatic rings. The van der Waals surface area contributed by atoms with E-state index in [1.54, 1.807) is 138 Å². The normalized spacial score (nSPS) is 20.3. The number of ether oxygens (including phenoxy) is 2. The SMILES string of the molecule is C.CC(C)(C)c1ccc(O)cc1.O=C(O)c1c[nH]c2ccccc2c1=O.[2H]OC(C)(C([2H])([2H])[2H])C([2H])([2H])[2H].[2H]c1c(N)c(C(C)(C)C)cc(C(C([2H])([2H])[2H])(C([2H])([2H])[2H])C([2H])([2H])[2H])c1O.[2H]c1c(O)c(C(C([2H])([2H])[2H])(C([2H])([2H])[2H])C([2H])([2H])[2H])cc(C(C)(C)C)c1NC(=O)c1c[nH]c2ccccc2c1=O.[2H]c1c(O)c(C(C([2H])([2H])[2H])(C([2H])([2H])[2H])C([2H])([2H])[2H])cc(C(C)(C)C)c1[N+](=O)[O-].[2H]c1cc(C(C)(C)C)cc(C(C([2H])([2H])[2H])(C([2H])([2H])[2H])C([2H])([2H])[2H])c1O.[2H]c1cc(C(C)(C)C)cc(C(C([2H])([2H])[2H])(C([2H])([2H])[2H])C([2H])([2H])[2H])c1OC(=O)OC. The molecule has 12 N–H and O–H groups in total. The summed E-state index contributed by atoms with van der Waals surface area (Å²) in [5.74, 6) is -7.21. The molecular formula is C107H153N5O16. The molecule has 21 nitrogen and oxygen atoms in total. The van der Waals surface area contributed by atoms with Crippen LogP contribution in [0.2, 0.25) is 0 Å². The van der Waals surface area contributed by atoms with Crippen LogP contribution < -0.4 is 26.6 Å².